The molecule has 0 spiro atoms. The standard InChI is InChI=1S/C22H20Cl2N2O3/c1-25(2)9-4-10-26-19(13-5-3-6-14(23)11-13)18-20(27)16-12-15(24)7-8-17(16)29-21(18)22(26)28/h3,5-8,11-12,19H,4,9-10H2,1-2H3. The van der Waals surface area contributed by atoms with Crippen LogP contribution in [0.5, 0.6) is 0 Å². The highest BCUT2D eigenvalue weighted by atomic mass is 35.5. The number of benzene rings is 2. The lowest BCUT2D eigenvalue weighted by Crippen LogP contribution is -2.32. The predicted molar refractivity (Wildman–Crippen MR) is 115 cm³/mol. The number of nitrogens with zero attached hydrogens (tertiary/aromatic N) is 2. The number of carbonyl (C=O) groups excluding carboxylic acids is 1. The summed E-state index contributed by atoms with van der Waals surface area (Å²) in [6.45, 7) is 1.32. The number of halogens is 2. The summed E-state index contributed by atoms with van der Waals surface area (Å²) in [4.78, 5) is 30.4. The molecule has 1 amide bonds. The molecule has 3 aromatic rings. The summed E-state index contributed by atoms with van der Waals surface area (Å²) < 4.78 is 5.90. The Morgan fingerprint density at radius 3 is 2.55 bits per heavy atom. The summed E-state index contributed by atoms with van der Waals surface area (Å²) in [7, 11) is 3.97. The number of carbonyl (C=O) groups is 1. The van der Waals surface area contributed by atoms with E-state index >= 15 is 0 Å². The number of hydrogen-bond donors (Lipinski definition) is 0. The largest absolute Gasteiger partial charge is 0.450 e. The first-order valence-electron chi connectivity index (χ1n) is 9.34. The second-order valence-electron chi connectivity index (χ2n) is 7.43. The Morgan fingerprint density at radius 2 is 1.83 bits per heavy atom. The molecule has 0 fully saturated rings. The van der Waals surface area contributed by atoms with E-state index < -0.39 is 6.04 Å². The monoisotopic (exact) mass is 430 g/mol. The van der Waals surface area contributed by atoms with Crippen molar-refractivity contribution in [1.82, 2.24) is 9.80 Å². The van der Waals surface area contributed by atoms with Gasteiger partial charge in [0.05, 0.1) is 17.0 Å². The highest BCUT2D eigenvalue weighted by Crippen LogP contribution is 2.39. The van der Waals surface area contributed by atoms with Crippen molar-refractivity contribution >= 4 is 40.1 Å². The zero-order valence-corrected chi connectivity index (χ0v) is 17.6. The summed E-state index contributed by atoms with van der Waals surface area (Å²) in [6.07, 6.45) is 0.767. The molecule has 2 heterocycles. The van der Waals surface area contributed by atoms with E-state index in [0.717, 1.165) is 18.5 Å². The fraction of sp³-hybridized carbons (Fsp3) is 0.273. The van der Waals surface area contributed by atoms with Crippen LogP contribution in [0, 0.1) is 0 Å². The second-order valence-corrected chi connectivity index (χ2v) is 8.30. The van der Waals surface area contributed by atoms with Gasteiger partial charge in [-0.1, -0.05) is 35.3 Å². The van der Waals surface area contributed by atoms with Crippen LogP contribution >= 0.6 is 23.2 Å². The van der Waals surface area contributed by atoms with Crippen molar-refractivity contribution in [2.45, 2.75) is 12.5 Å². The zero-order valence-electron chi connectivity index (χ0n) is 16.1. The van der Waals surface area contributed by atoms with Crippen LogP contribution in [-0.2, 0) is 0 Å². The number of hydrogen-bond acceptors (Lipinski definition) is 4. The van der Waals surface area contributed by atoms with Gasteiger partial charge in [0.15, 0.2) is 5.43 Å². The fourth-order valence-electron chi connectivity index (χ4n) is 3.80. The summed E-state index contributed by atoms with van der Waals surface area (Å²) in [5, 5.41) is 1.35. The average Bonchev–Trinajstić information content (AvgIpc) is 2.95. The van der Waals surface area contributed by atoms with Crippen LogP contribution in [0.3, 0.4) is 0 Å². The molecule has 29 heavy (non-hydrogen) atoms. The Balaban J connectivity index is 1.89. The van der Waals surface area contributed by atoms with Crippen molar-refractivity contribution in [2.24, 2.45) is 0 Å². The number of fused-ring (bicyclic) bond motifs is 2. The van der Waals surface area contributed by atoms with Gasteiger partial charge in [-0.05, 0) is 63.0 Å². The van der Waals surface area contributed by atoms with E-state index in [4.69, 9.17) is 27.6 Å². The maximum Gasteiger partial charge on any atom is 0.290 e. The Morgan fingerprint density at radius 1 is 1.07 bits per heavy atom. The highest BCUT2D eigenvalue weighted by molar-refractivity contribution is 6.31. The summed E-state index contributed by atoms with van der Waals surface area (Å²) in [5.74, 6) is -0.183. The molecule has 1 aromatic heterocycles. The summed E-state index contributed by atoms with van der Waals surface area (Å²) >= 11 is 12.3. The topological polar surface area (TPSA) is 53.8 Å². The third-order valence-electron chi connectivity index (χ3n) is 5.10. The van der Waals surface area contributed by atoms with Gasteiger partial charge in [-0.3, -0.25) is 9.59 Å². The predicted octanol–water partition coefficient (Wildman–Crippen LogP) is 4.60. The molecule has 150 valence electrons. The van der Waals surface area contributed by atoms with Gasteiger partial charge in [0.25, 0.3) is 5.91 Å². The average molecular weight is 431 g/mol. The lowest BCUT2D eigenvalue weighted by molar-refractivity contribution is 0.0722. The molecular weight excluding hydrogens is 411 g/mol. The van der Waals surface area contributed by atoms with E-state index in [9.17, 15) is 9.59 Å². The van der Waals surface area contributed by atoms with Gasteiger partial charge < -0.3 is 14.2 Å². The molecule has 0 saturated carbocycles. The van der Waals surface area contributed by atoms with Crippen molar-refractivity contribution in [1.29, 1.82) is 0 Å². The minimum Gasteiger partial charge on any atom is -0.450 e. The molecule has 0 aliphatic carbocycles. The van der Waals surface area contributed by atoms with Crippen LogP contribution < -0.4 is 5.43 Å². The van der Waals surface area contributed by atoms with Crippen LogP contribution in [0.25, 0.3) is 11.0 Å². The molecule has 0 bridgehead atoms. The van der Waals surface area contributed by atoms with Crippen molar-refractivity contribution in [3.63, 3.8) is 0 Å². The Bertz CT molecular complexity index is 1160. The molecule has 0 radical (unpaired) electrons. The van der Waals surface area contributed by atoms with E-state index in [2.05, 4.69) is 4.90 Å². The molecule has 7 heteroatoms. The van der Waals surface area contributed by atoms with Gasteiger partial charge in [-0.15, -0.1) is 0 Å². The number of amides is 1. The van der Waals surface area contributed by atoms with Gasteiger partial charge in [-0.2, -0.15) is 0 Å². The smallest absolute Gasteiger partial charge is 0.290 e. The molecule has 0 N–H and O–H groups in total. The minimum absolute atomic E-state index is 0.0969. The molecule has 0 saturated heterocycles. The zero-order chi connectivity index (χ0) is 20.7. The van der Waals surface area contributed by atoms with Gasteiger partial charge in [0, 0.05) is 16.6 Å². The van der Waals surface area contributed by atoms with E-state index in [1.807, 2.05) is 26.2 Å². The normalized spacial score (nSPS) is 16.1. The molecule has 2 aromatic carbocycles. The highest BCUT2D eigenvalue weighted by Gasteiger charge is 2.42. The first kappa shape index (κ1) is 20.0. The van der Waals surface area contributed by atoms with Gasteiger partial charge in [0.1, 0.15) is 5.58 Å². The van der Waals surface area contributed by atoms with Crippen molar-refractivity contribution in [3.8, 4) is 0 Å². The molecule has 1 aliphatic rings. The fourth-order valence-corrected chi connectivity index (χ4v) is 4.17. The van der Waals surface area contributed by atoms with E-state index in [1.54, 1.807) is 35.2 Å². The third-order valence-corrected chi connectivity index (χ3v) is 5.57. The first-order valence-corrected chi connectivity index (χ1v) is 10.1. The van der Waals surface area contributed by atoms with Crippen LogP contribution in [0.15, 0.2) is 51.7 Å². The van der Waals surface area contributed by atoms with Crippen LogP contribution in [0.4, 0.5) is 0 Å². The maximum atomic E-state index is 13.4. The molecule has 1 unspecified atom stereocenters. The molecule has 1 aliphatic heterocycles. The molecule has 5 nitrogen and oxygen atoms in total. The molecule has 1 atom stereocenters. The quantitative estimate of drug-likeness (QED) is 0.593. The Hall–Kier alpha value is -2.34. The van der Waals surface area contributed by atoms with Crippen molar-refractivity contribution < 1.29 is 9.21 Å². The summed E-state index contributed by atoms with van der Waals surface area (Å²) in [5.41, 5.74) is 1.24. The van der Waals surface area contributed by atoms with E-state index in [1.165, 1.54) is 0 Å². The Kier molecular flexibility index (Phi) is 5.38. The lowest BCUT2D eigenvalue weighted by atomic mass is 9.98. The van der Waals surface area contributed by atoms with Gasteiger partial charge in [0.2, 0.25) is 5.76 Å². The summed E-state index contributed by atoms with van der Waals surface area (Å²) in [6, 6.07) is 11.5. The van der Waals surface area contributed by atoms with E-state index in [-0.39, 0.29) is 17.1 Å². The molecule has 4 rings (SSSR count). The SMILES string of the molecule is CN(C)CCCN1C(=O)c2oc3ccc(Cl)cc3c(=O)c2C1c1cccc(Cl)c1. The van der Waals surface area contributed by atoms with Gasteiger partial charge >= 0.3 is 0 Å². The second kappa shape index (κ2) is 7.82. The maximum absolute atomic E-state index is 13.4. The van der Waals surface area contributed by atoms with E-state index in [0.29, 0.717) is 33.1 Å². The van der Waals surface area contributed by atoms with Crippen LogP contribution in [0.1, 0.15) is 34.1 Å². The van der Waals surface area contributed by atoms with Crippen molar-refractivity contribution in [3.05, 3.63) is 79.6 Å². The lowest BCUT2D eigenvalue weighted by Gasteiger charge is -2.25. The molecular formula is C22H20Cl2N2O3. The van der Waals surface area contributed by atoms with Crippen LogP contribution in [0.2, 0.25) is 10.0 Å². The van der Waals surface area contributed by atoms with Crippen molar-refractivity contribution in [2.75, 3.05) is 27.2 Å². The number of rotatable bonds is 5. The third kappa shape index (κ3) is 3.66. The Labute approximate surface area is 178 Å². The van der Waals surface area contributed by atoms with Crippen LogP contribution in [-0.4, -0.2) is 42.9 Å². The minimum atomic E-state index is -0.544. The first-order chi connectivity index (χ1) is 13.9. The van der Waals surface area contributed by atoms with Gasteiger partial charge in [-0.25, -0.2) is 0 Å².